The van der Waals surface area contributed by atoms with Gasteiger partial charge in [-0.25, -0.2) is 4.90 Å². The van der Waals surface area contributed by atoms with Crippen LogP contribution in [0.2, 0.25) is 5.02 Å². The molecule has 3 heterocycles. The topological polar surface area (TPSA) is 104 Å². The molecule has 1 aromatic heterocycles. The van der Waals surface area contributed by atoms with Gasteiger partial charge in [-0.1, -0.05) is 47.5 Å². The number of phenolic OH excluding ortho intramolecular Hbond substituents is 1. The van der Waals surface area contributed by atoms with Gasteiger partial charge in [0.25, 0.3) is 0 Å². The second-order valence-electron chi connectivity index (χ2n) is 11.9. The van der Waals surface area contributed by atoms with Crippen LogP contribution in [0.5, 0.6) is 11.5 Å². The highest BCUT2D eigenvalue weighted by Gasteiger charge is 2.67. The van der Waals surface area contributed by atoms with Crippen molar-refractivity contribution in [2.24, 2.45) is 29.1 Å². The van der Waals surface area contributed by atoms with Gasteiger partial charge in [0, 0.05) is 10.8 Å². The van der Waals surface area contributed by atoms with Crippen molar-refractivity contribution in [3.8, 4) is 11.5 Å². The second kappa shape index (κ2) is 10.1. The third kappa shape index (κ3) is 3.94. The maximum absolute atomic E-state index is 14.4. The summed E-state index contributed by atoms with van der Waals surface area (Å²) in [5.74, 6) is -4.17. The fourth-order valence-corrected chi connectivity index (χ4v) is 8.83. The molecule has 8 nitrogen and oxygen atoms in total. The summed E-state index contributed by atoms with van der Waals surface area (Å²) in [5, 5.41) is 12.5. The van der Waals surface area contributed by atoms with Gasteiger partial charge in [-0.2, -0.15) is 0 Å². The van der Waals surface area contributed by atoms with Gasteiger partial charge >= 0.3 is 0 Å². The van der Waals surface area contributed by atoms with Crippen LogP contribution < -0.4 is 9.64 Å². The van der Waals surface area contributed by atoms with Crippen molar-refractivity contribution >= 4 is 52.3 Å². The smallest absolute Gasteiger partial charge is 0.241 e. The van der Waals surface area contributed by atoms with Crippen LogP contribution in [0.4, 0.5) is 5.69 Å². The van der Waals surface area contributed by atoms with E-state index in [0.29, 0.717) is 17.7 Å². The first kappa shape index (κ1) is 27.9. The van der Waals surface area contributed by atoms with E-state index in [2.05, 4.69) is 0 Å². The molecule has 2 saturated heterocycles. The summed E-state index contributed by atoms with van der Waals surface area (Å²) in [7, 11) is 1.42. The van der Waals surface area contributed by atoms with Gasteiger partial charge in [0.05, 0.1) is 47.5 Å². The number of amides is 4. The summed E-state index contributed by atoms with van der Waals surface area (Å²) in [6, 6.07) is 15.9. The molecule has 3 fully saturated rings. The van der Waals surface area contributed by atoms with Crippen LogP contribution in [0.3, 0.4) is 0 Å². The largest absolute Gasteiger partial charge is 0.503 e. The normalized spacial score (nSPS) is 29.8. The Labute approximate surface area is 257 Å². The molecular weight excluding hydrogens is 588 g/mol. The van der Waals surface area contributed by atoms with E-state index in [-0.39, 0.29) is 53.1 Å². The molecule has 1 saturated carbocycles. The molecule has 0 bridgehead atoms. The van der Waals surface area contributed by atoms with Gasteiger partial charge in [0.15, 0.2) is 11.5 Å². The summed E-state index contributed by atoms with van der Waals surface area (Å²) >= 11 is 7.96. The summed E-state index contributed by atoms with van der Waals surface area (Å²) in [6.45, 7) is 2.03. The molecular formula is C33H29ClN2O6S. The van der Waals surface area contributed by atoms with Crippen molar-refractivity contribution in [3.05, 3.63) is 87.1 Å². The van der Waals surface area contributed by atoms with Crippen molar-refractivity contribution in [2.75, 3.05) is 12.0 Å². The number of benzene rings is 2. The molecule has 4 amide bonds. The highest BCUT2D eigenvalue weighted by molar-refractivity contribution is 7.09. The molecule has 7 rings (SSSR count). The second-order valence-corrected chi connectivity index (χ2v) is 13.3. The zero-order chi connectivity index (χ0) is 30.2. The molecule has 6 atom stereocenters. The number of halogens is 1. The quantitative estimate of drug-likeness (QED) is 0.298. The van der Waals surface area contributed by atoms with Gasteiger partial charge in [-0.3, -0.25) is 24.1 Å². The predicted octanol–water partition coefficient (Wildman–Crippen LogP) is 5.55. The molecule has 43 heavy (non-hydrogen) atoms. The van der Waals surface area contributed by atoms with Gasteiger partial charge < -0.3 is 9.84 Å². The summed E-state index contributed by atoms with van der Waals surface area (Å²) in [4.78, 5) is 59.8. The monoisotopic (exact) mass is 616 g/mol. The number of allylic oxidation sites excluding steroid dienone is 2. The van der Waals surface area contributed by atoms with E-state index in [1.807, 2.05) is 36.6 Å². The van der Waals surface area contributed by atoms with Crippen LogP contribution in [0.1, 0.15) is 36.1 Å². The minimum atomic E-state index is -1.21. The molecule has 3 aromatic rings. The summed E-state index contributed by atoms with van der Waals surface area (Å²) < 4.78 is 5.42. The summed E-state index contributed by atoms with van der Waals surface area (Å²) in [5.41, 5.74) is 0.719. The number of fused-ring (bicyclic) bond motifs is 4. The highest BCUT2D eigenvalue weighted by Crippen LogP contribution is 2.64. The van der Waals surface area contributed by atoms with Crippen molar-refractivity contribution in [1.29, 1.82) is 0 Å². The van der Waals surface area contributed by atoms with Gasteiger partial charge in [-0.05, 0) is 67.0 Å². The Kier molecular flexibility index (Phi) is 6.52. The lowest BCUT2D eigenvalue weighted by Crippen LogP contribution is -2.48. The van der Waals surface area contributed by atoms with E-state index in [1.54, 1.807) is 36.4 Å². The maximum Gasteiger partial charge on any atom is 0.241 e. The van der Waals surface area contributed by atoms with Crippen molar-refractivity contribution < 1.29 is 29.0 Å². The lowest BCUT2D eigenvalue weighted by atomic mass is 9.51. The average Bonchev–Trinajstić information content (AvgIpc) is 3.66. The third-order valence-electron chi connectivity index (χ3n) is 9.88. The Hall–Kier alpha value is -3.95. The molecule has 10 heteroatoms. The minimum absolute atomic E-state index is 0.0526. The molecule has 2 aliphatic heterocycles. The van der Waals surface area contributed by atoms with Crippen LogP contribution in [0.15, 0.2) is 71.6 Å². The number of nitrogens with zero attached hydrogens (tertiary/aromatic N) is 2. The van der Waals surface area contributed by atoms with Crippen molar-refractivity contribution in [1.82, 2.24) is 4.90 Å². The van der Waals surface area contributed by atoms with E-state index >= 15 is 0 Å². The highest BCUT2D eigenvalue weighted by atomic mass is 35.5. The number of ether oxygens (including phenoxy) is 1. The number of aromatic hydroxyl groups is 1. The Bertz CT molecular complexity index is 1710. The average molecular weight is 617 g/mol. The van der Waals surface area contributed by atoms with Gasteiger partial charge in [0.1, 0.15) is 0 Å². The number of carbonyl (C=O) groups excluding carboxylic acids is 4. The Balaban J connectivity index is 1.37. The molecule has 2 aromatic carbocycles. The van der Waals surface area contributed by atoms with Gasteiger partial charge in [0.2, 0.25) is 23.6 Å². The zero-order valence-corrected chi connectivity index (χ0v) is 25.1. The number of para-hydroxylation sites is 1. The number of thiophene rings is 1. The number of imide groups is 2. The summed E-state index contributed by atoms with van der Waals surface area (Å²) in [6.07, 6.45) is 2.61. The van der Waals surface area contributed by atoms with E-state index in [9.17, 15) is 24.3 Å². The number of carbonyl (C=O) groups is 4. The lowest BCUT2D eigenvalue weighted by molar-refractivity contribution is -0.141. The number of hydrogen-bond donors (Lipinski definition) is 1. The van der Waals surface area contributed by atoms with E-state index < -0.39 is 35.0 Å². The SMILES string of the molecule is COc1cc([C@H]2C3=CC[C@@H]4C(=O)N(Cc5cccs5)C(=O)[C@@H]4[C@@H]3C[C@H]3C(=O)N(c4ccccc4)C(=O)[C@@]23C)cc(Cl)c1O. The number of hydrogen-bond acceptors (Lipinski definition) is 7. The van der Waals surface area contributed by atoms with E-state index in [1.165, 1.54) is 28.2 Å². The van der Waals surface area contributed by atoms with Gasteiger partial charge in [-0.15, -0.1) is 11.3 Å². The fourth-order valence-electron chi connectivity index (χ4n) is 7.91. The predicted molar refractivity (Wildman–Crippen MR) is 161 cm³/mol. The van der Waals surface area contributed by atoms with Crippen molar-refractivity contribution in [3.63, 3.8) is 0 Å². The maximum atomic E-state index is 14.4. The molecule has 0 unspecified atom stereocenters. The minimum Gasteiger partial charge on any atom is -0.503 e. The van der Waals surface area contributed by atoms with Crippen LogP contribution in [-0.4, -0.2) is 40.7 Å². The van der Waals surface area contributed by atoms with Crippen LogP contribution >= 0.6 is 22.9 Å². The number of likely N-dealkylation sites (tertiary alicyclic amines) is 1. The Morgan fingerprint density at radius 2 is 1.79 bits per heavy atom. The van der Waals surface area contributed by atoms with Crippen LogP contribution in [0.25, 0.3) is 0 Å². The first-order chi connectivity index (χ1) is 20.7. The zero-order valence-electron chi connectivity index (χ0n) is 23.5. The molecule has 0 spiro atoms. The number of anilines is 1. The Morgan fingerprint density at radius 3 is 2.49 bits per heavy atom. The Morgan fingerprint density at radius 1 is 1.02 bits per heavy atom. The molecule has 1 N–H and O–H groups in total. The number of rotatable bonds is 5. The molecule has 0 radical (unpaired) electrons. The number of methoxy groups -OCH3 is 1. The van der Waals surface area contributed by atoms with Crippen molar-refractivity contribution in [2.45, 2.75) is 32.2 Å². The molecule has 4 aliphatic rings. The van der Waals surface area contributed by atoms with E-state index in [4.69, 9.17) is 16.3 Å². The van der Waals surface area contributed by atoms with Crippen LogP contribution in [0, 0.1) is 29.1 Å². The first-order valence-electron chi connectivity index (χ1n) is 14.2. The standard InChI is InChI=1S/C33H29ClN2O6S/c1-33-23(30(39)36(32(33)41)18-7-4-3-5-8-18)15-22-20(27(33)17-13-24(34)28(37)25(14-17)42-2)10-11-21-26(22)31(40)35(29(21)38)16-19-9-6-12-43-19/h3-10,12-14,21-23,26-27,37H,11,15-16H2,1-2H3/t21-,22+,23-,26-,27-,33+/m0/s1. The van der Waals surface area contributed by atoms with E-state index in [0.717, 1.165) is 10.5 Å². The fraction of sp³-hybridized carbons (Fsp3) is 0.333. The molecule has 220 valence electrons. The van der Waals surface area contributed by atoms with Crippen LogP contribution in [-0.2, 0) is 25.7 Å². The first-order valence-corrected chi connectivity index (χ1v) is 15.5. The third-order valence-corrected chi connectivity index (χ3v) is 11.0. The molecule has 2 aliphatic carbocycles. The number of phenols is 1. The lowest BCUT2D eigenvalue weighted by Gasteiger charge is -2.49.